The van der Waals surface area contributed by atoms with Gasteiger partial charge in [-0.2, -0.15) is 0 Å². The minimum Gasteiger partial charge on any atom is -0.395 e. The summed E-state index contributed by atoms with van der Waals surface area (Å²) < 4.78 is 0. The maximum atomic E-state index is 8.66. The summed E-state index contributed by atoms with van der Waals surface area (Å²) >= 11 is 0. The molecule has 0 rings (SSSR count). The number of aliphatic hydroxyl groups is 1. The van der Waals surface area contributed by atoms with Crippen molar-refractivity contribution < 1.29 is 5.11 Å². The van der Waals surface area contributed by atoms with E-state index in [0.29, 0.717) is 0 Å². The molecule has 0 radical (unpaired) electrons. The van der Waals surface area contributed by atoms with Crippen LogP contribution in [0.3, 0.4) is 0 Å². The van der Waals surface area contributed by atoms with E-state index in [9.17, 15) is 0 Å². The third kappa shape index (κ3) is 3.98. The predicted molar refractivity (Wildman–Crippen MR) is 40.2 cm³/mol. The van der Waals surface area contributed by atoms with Crippen LogP contribution in [0.4, 0.5) is 0 Å². The Bertz CT molecular complexity index is 110. The van der Waals surface area contributed by atoms with Gasteiger partial charge in [0.15, 0.2) is 0 Å². The molecule has 52 valence electrons. The molecule has 1 atom stereocenters. The molecule has 0 spiro atoms. The van der Waals surface area contributed by atoms with Gasteiger partial charge in [-0.05, 0) is 13.8 Å². The van der Waals surface area contributed by atoms with E-state index in [1.807, 2.05) is 19.9 Å². The molecule has 0 aromatic rings. The van der Waals surface area contributed by atoms with Crippen LogP contribution >= 0.6 is 0 Å². The average molecular weight is 126 g/mol. The normalized spacial score (nSPS) is 12.3. The van der Waals surface area contributed by atoms with Crippen molar-refractivity contribution in [3.8, 4) is 0 Å². The van der Waals surface area contributed by atoms with Gasteiger partial charge in [0.05, 0.1) is 6.61 Å². The maximum Gasteiger partial charge on any atom is 0.0528 e. The summed E-state index contributed by atoms with van der Waals surface area (Å²) in [7, 11) is 0. The molecule has 0 heterocycles. The highest BCUT2D eigenvalue weighted by Crippen LogP contribution is 2.02. The van der Waals surface area contributed by atoms with E-state index in [0.717, 1.165) is 0 Å². The molecule has 1 nitrogen and oxygen atoms in total. The molecule has 9 heavy (non-hydrogen) atoms. The van der Waals surface area contributed by atoms with Crippen LogP contribution in [0.25, 0.3) is 0 Å². The highest BCUT2D eigenvalue weighted by molar-refractivity contribution is 5.02. The van der Waals surface area contributed by atoms with Gasteiger partial charge in [0.1, 0.15) is 0 Å². The van der Waals surface area contributed by atoms with Crippen LogP contribution in [0.2, 0.25) is 0 Å². The van der Waals surface area contributed by atoms with Gasteiger partial charge in [-0.3, -0.25) is 0 Å². The van der Waals surface area contributed by atoms with Crippen LogP contribution in [0, 0.1) is 5.92 Å². The smallest absolute Gasteiger partial charge is 0.0528 e. The minimum atomic E-state index is 0.134. The Morgan fingerprint density at radius 3 is 2.33 bits per heavy atom. The van der Waals surface area contributed by atoms with Crippen molar-refractivity contribution in [2.45, 2.75) is 13.8 Å². The molecule has 1 N–H and O–H groups in total. The highest BCUT2D eigenvalue weighted by atomic mass is 16.3. The van der Waals surface area contributed by atoms with Crippen molar-refractivity contribution in [2.24, 2.45) is 5.92 Å². The van der Waals surface area contributed by atoms with Gasteiger partial charge in [0.2, 0.25) is 0 Å². The molecule has 0 fully saturated rings. The van der Waals surface area contributed by atoms with Crippen LogP contribution in [0.1, 0.15) is 13.8 Å². The first-order valence-corrected chi connectivity index (χ1v) is 3.09. The first kappa shape index (κ1) is 8.44. The monoisotopic (exact) mass is 126 g/mol. The molecular weight excluding hydrogens is 112 g/mol. The van der Waals surface area contributed by atoms with Gasteiger partial charge < -0.3 is 5.11 Å². The molecule has 0 saturated carbocycles. The van der Waals surface area contributed by atoms with Gasteiger partial charge in [0, 0.05) is 5.92 Å². The van der Waals surface area contributed by atoms with Gasteiger partial charge in [-0.25, -0.2) is 0 Å². The quantitative estimate of drug-likeness (QED) is 0.571. The molecule has 1 heteroatoms. The first-order valence-electron chi connectivity index (χ1n) is 3.09. The van der Waals surface area contributed by atoms with Crippen LogP contribution in [-0.4, -0.2) is 11.7 Å². The number of aliphatic hydroxyl groups excluding tert-OH is 1. The van der Waals surface area contributed by atoms with E-state index >= 15 is 0 Å². The summed E-state index contributed by atoms with van der Waals surface area (Å²) in [5, 5.41) is 8.66. The summed E-state index contributed by atoms with van der Waals surface area (Å²) in [5.41, 5.74) is 1.22. The lowest BCUT2D eigenvalue weighted by molar-refractivity contribution is 0.273. The predicted octanol–water partition coefficient (Wildman–Crippen LogP) is 1.75. The molecule has 0 aliphatic heterocycles. The van der Waals surface area contributed by atoms with Crippen LogP contribution < -0.4 is 0 Å². The molecule has 0 aromatic carbocycles. The number of rotatable bonds is 3. The maximum absolute atomic E-state index is 8.66. The van der Waals surface area contributed by atoms with Gasteiger partial charge >= 0.3 is 0 Å². The standard InChI is InChI=1S/C8H14O/c1-4-8(6-9)5-7(2)3/h4-5,8-9H,1,6H2,2-3H3. The molecule has 0 aliphatic carbocycles. The molecule has 0 bridgehead atoms. The Morgan fingerprint density at radius 2 is 2.22 bits per heavy atom. The Hall–Kier alpha value is -0.560. The second-order valence-corrected chi connectivity index (χ2v) is 2.33. The Labute approximate surface area is 56.7 Å². The zero-order chi connectivity index (χ0) is 7.28. The fourth-order valence-corrected chi connectivity index (χ4v) is 0.623. The number of hydrogen-bond donors (Lipinski definition) is 1. The molecule has 0 aliphatic rings. The fraction of sp³-hybridized carbons (Fsp3) is 0.500. The largest absolute Gasteiger partial charge is 0.395 e. The summed E-state index contributed by atoms with van der Waals surface area (Å²) in [6.45, 7) is 7.75. The average Bonchev–Trinajstić information content (AvgIpc) is 1.82. The minimum absolute atomic E-state index is 0.134. The van der Waals surface area contributed by atoms with Gasteiger partial charge in [-0.15, -0.1) is 6.58 Å². The van der Waals surface area contributed by atoms with Crippen LogP contribution in [0.5, 0.6) is 0 Å². The number of hydrogen-bond acceptors (Lipinski definition) is 1. The topological polar surface area (TPSA) is 20.2 Å². The zero-order valence-corrected chi connectivity index (χ0v) is 6.09. The second kappa shape index (κ2) is 4.33. The van der Waals surface area contributed by atoms with E-state index in [1.54, 1.807) is 6.08 Å². The van der Waals surface area contributed by atoms with Gasteiger partial charge in [-0.1, -0.05) is 17.7 Å². The van der Waals surface area contributed by atoms with Crippen LogP contribution in [-0.2, 0) is 0 Å². The second-order valence-electron chi connectivity index (χ2n) is 2.33. The lowest BCUT2D eigenvalue weighted by Gasteiger charge is -2.00. The van der Waals surface area contributed by atoms with Crippen molar-refractivity contribution in [2.75, 3.05) is 6.61 Å². The zero-order valence-electron chi connectivity index (χ0n) is 6.09. The molecule has 1 unspecified atom stereocenters. The van der Waals surface area contributed by atoms with Crippen molar-refractivity contribution in [3.63, 3.8) is 0 Å². The van der Waals surface area contributed by atoms with E-state index in [1.165, 1.54) is 5.57 Å². The third-order valence-electron chi connectivity index (χ3n) is 1.06. The summed E-state index contributed by atoms with van der Waals surface area (Å²) in [4.78, 5) is 0. The SMILES string of the molecule is C=CC(C=C(C)C)CO. The lowest BCUT2D eigenvalue weighted by Crippen LogP contribution is -1.97. The van der Waals surface area contributed by atoms with Crippen molar-refractivity contribution in [1.29, 1.82) is 0 Å². The fourth-order valence-electron chi connectivity index (χ4n) is 0.623. The van der Waals surface area contributed by atoms with Gasteiger partial charge in [0.25, 0.3) is 0 Å². The molecule has 0 saturated heterocycles. The van der Waals surface area contributed by atoms with E-state index < -0.39 is 0 Å². The van der Waals surface area contributed by atoms with E-state index in [-0.39, 0.29) is 12.5 Å². The van der Waals surface area contributed by atoms with Crippen molar-refractivity contribution in [1.82, 2.24) is 0 Å². The Kier molecular flexibility index (Phi) is 4.06. The van der Waals surface area contributed by atoms with Crippen LogP contribution in [0.15, 0.2) is 24.3 Å². The highest BCUT2D eigenvalue weighted by Gasteiger charge is 1.94. The summed E-state index contributed by atoms with van der Waals surface area (Å²) in [6.07, 6.45) is 3.74. The summed E-state index contributed by atoms with van der Waals surface area (Å²) in [6, 6.07) is 0. The third-order valence-corrected chi connectivity index (χ3v) is 1.06. The summed E-state index contributed by atoms with van der Waals surface area (Å²) in [5.74, 6) is 0.134. The molecular formula is C8H14O. The molecule has 0 aromatic heterocycles. The lowest BCUT2D eigenvalue weighted by atomic mass is 10.1. The van der Waals surface area contributed by atoms with Crippen molar-refractivity contribution >= 4 is 0 Å². The van der Waals surface area contributed by atoms with E-state index in [2.05, 4.69) is 6.58 Å². The number of allylic oxidation sites excluding steroid dienone is 1. The first-order chi connectivity index (χ1) is 4.20. The van der Waals surface area contributed by atoms with E-state index in [4.69, 9.17) is 5.11 Å². The molecule has 0 amide bonds. The van der Waals surface area contributed by atoms with Crippen molar-refractivity contribution in [3.05, 3.63) is 24.3 Å². The Balaban J connectivity index is 3.82. The Morgan fingerprint density at radius 1 is 1.67 bits per heavy atom.